The third-order valence-corrected chi connectivity index (χ3v) is 9.67. The number of alkyl carbamates (subject to hydrolysis) is 1. The van der Waals surface area contributed by atoms with Crippen molar-refractivity contribution >= 4 is 29.3 Å². The van der Waals surface area contributed by atoms with Crippen LogP contribution in [0.25, 0.3) is 0 Å². The van der Waals surface area contributed by atoms with Crippen molar-refractivity contribution in [3.05, 3.63) is 24.0 Å². The van der Waals surface area contributed by atoms with E-state index in [1.807, 2.05) is 6.07 Å². The molecule has 9 nitrogen and oxygen atoms in total. The second-order valence-corrected chi connectivity index (χ2v) is 12.6. The summed E-state index contributed by atoms with van der Waals surface area (Å²) >= 11 is 0. The lowest BCUT2D eigenvalue weighted by molar-refractivity contribution is -0.133. The summed E-state index contributed by atoms with van der Waals surface area (Å²) in [5.41, 5.74) is 1.57. The van der Waals surface area contributed by atoms with Crippen LogP contribution in [0.1, 0.15) is 77.6 Å². The Bertz CT molecular complexity index is 1080. The summed E-state index contributed by atoms with van der Waals surface area (Å²) in [5, 5.41) is 8.42. The van der Waals surface area contributed by atoms with Crippen LogP contribution in [0, 0.1) is 17.2 Å². The highest BCUT2D eigenvalue weighted by Gasteiger charge is 2.46. The Labute approximate surface area is 242 Å². The average molecular weight is 572 g/mol. The Morgan fingerprint density at radius 1 is 1.12 bits per heavy atom. The Balaban J connectivity index is 0.978. The maximum absolute atomic E-state index is 15.0. The van der Waals surface area contributed by atoms with E-state index >= 15 is 4.39 Å². The van der Waals surface area contributed by atoms with Crippen LogP contribution >= 0.6 is 0 Å². The molecule has 0 aromatic heterocycles. The second-order valence-electron chi connectivity index (χ2n) is 12.6. The molecule has 1 unspecified atom stereocenters. The highest BCUT2D eigenvalue weighted by atomic mass is 19.1. The van der Waals surface area contributed by atoms with E-state index in [2.05, 4.69) is 32.7 Å². The Kier molecular flexibility index (Phi) is 9.68. The van der Waals surface area contributed by atoms with Gasteiger partial charge in [-0.3, -0.25) is 14.9 Å². The van der Waals surface area contributed by atoms with E-state index in [-0.39, 0.29) is 36.2 Å². The fraction of sp³-hybridized carbons (Fsp3) is 0.710. The number of rotatable bonds is 10. The van der Waals surface area contributed by atoms with Gasteiger partial charge in [0.25, 0.3) is 0 Å². The van der Waals surface area contributed by atoms with Crippen LogP contribution in [0.15, 0.2) is 18.2 Å². The van der Waals surface area contributed by atoms with Gasteiger partial charge in [-0.15, -0.1) is 0 Å². The van der Waals surface area contributed by atoms with Gasteiger partial charge < -0.3 is 25.2 Å². The van der Waals surface area contributed by atoms with Crippen molar-refractivity contribution in [3.8, 4) is 0 Å². The Morgan fingerprint density at radius 2 is 1.88 bits per heavy atom. The van der Waals surface area contributed by atoms with Crippen molar-refractivity contribution in [2.45, 2.75) is 89.6 Å². The van der Waals surface area contributed by atoms with Gasteiger partial charge in [0, 0.05) is 31.2 Å². The molecule has 0 radical (unpaired) electrons. The number of hydrogen-bond donors (Lipinski definition) is 3. The van der Waals surface area contributed by atoms with E-state index < -0.39 is 6.04 Å². The molecule has 5 rings (SSSR count). The number of amides is 3. The third kappa shape index (κ3) is 7.70. The number of halogens is 1. The van der Waals surface area contributed by atoms with E-state index in [0.29, 0.717) is 35.7 Å². The van der Waals surface area contributed by atoms with Gasteiger partial charge in [-0.05, 0) is 107 Å². The SMILES string of the molecule is CCCCOC(=O)NC1CC2(CCN(CCC3CCN(c4ccc(NC5CCC(=O)NC5=O)cc4F)CC3)CC2)C1. The molecule has 4 aliphatic rings. The molecule has 10 heteroatoms. The van der Waals surface area contributed by atoms with Crippen LogP contribution in [0.5, 0.6) is 0 Å². The quantitative estimate of drug-likeness (QED) is 0.282. The number of carbonyl (C=O) groups excluding carboxylic acids is 3. The number of nitrogens with one attached hydrogen (secondary N) is 3. The molecule has 1 spiro atoms. The Hall–Kier alpha value is -2.88. The van der Waals surface area contributed by atoms with Gasteiger partial charge in [0.05, 0.1) is 12.3 Å². The number of imide groups is 1. The first-order valence-corrected chi connectivity index (χ1v) is 15.6. The fourth-order valence-electron chi connectivity index (χ4n) is 6.98. The van der Waals surface area contributed by atoms with Crippen molar-refractivity contribution in [1.82, 2.24) is 15.5 Å². The minimum Gasteiger partial charge on any atom is -0.450 e. The predicted molar refractivity (Wildman–Crippen MR) is 156 cm³/mol. The van der Waals surface area contributed by atoms with Gasteiger partial charge in [0.15, 0.2) is 0 Å². The molecule has 1 atom stereocenters. The number of unbranched alkanes of at least 4 members (excludes halogenated alkanes) is 1. The molecule has 0 bridgehead atoms. The number of likely N-dealkylation sites (tertiary alicyclic amines) is 1. The normalized spacial score (nSPS) is 23.7. The molecule has 226 valence electrons. The molecule has 41 heavy (non-hydrogen) atoms. The van der Waals surface area contributed by atoms with Gasteiger partial charge >= 0.3 is 6.09 Å². The first kappa shape index (κ1) is 29.6. The number of carbonyl (C=O) groups is 3. The zero-order valence-electron chi connectivity index (χ0n) is 24.4. The summed E-state index contributed by atoms with van der Waals surface area (Å²) in [4.78, 5) is 40.0. The number of nitrogens with zero attached hydrogens (tertiary/aromatic N) is 2. The molecule has 3 aliphatic heterocycles. The molecule has 3 amide bonds. The predicted octanol–water partition coefficient (Wildman–Crippen LogP) is 4.42. The molecule has 3 heterocycles. The van der Waals surface area contributed by atoms with E-state index in [4.69, 9.17) is 4.74 Å². The first-order chi connectivity index (χ1) is 19.8. The maximum atomic E-state index is 15.0. The van der Waals surface area contributed by atoms with Crippen molar-refractivity contribution in [2.24, 2.45) is 11.3 Å². The number of piperidine rings is 3. The number of benzene rings is 1. The number of anilines is 2. The monoisotopic (exact) mass is 571 g/mol. The lowest BCUT2D eigenvalue weighted by Crippen LogP contribution is -2.55. The zero-order chi connectivity index (χ0) is 28.8. The smallest absolute Gasteiger partial charge is 0.407 e. The van der Waals surface area contributed by atoms with Gasteiger partial charge in [0.2, 0.25) is 11.8 Å². The van der Waals surface area contributed by atoms with Crippen LogP contribution in [0.3, 0.4) is 0 Å². The lowest BCUT2D eigenvalue weighted by atomic mass is 9.60. The summed E-state index contributed by atoms with van der Waals surface area (Å²) in [7, 11) is 0. The molecular formula is C31H46FN5O4. The van der Waals surface area contributed by atoms with Crippen LogP contribution in [-0.2, 0) is 14.3 Å². The highest BCUT2D eigenvalue weighted by Crippen LogP contribution is 2.49. The largest absolute Gasteiger partial charge is 0.450 e. The van der Waals surface area contributed by atoms with Crippen LogP contribution in [0.2, 0.25) is 0 Å². The average Bonchev–Trinajstić information content (AvgIpc) is 2.94. The zero-order valence-corrected chi connectivity index (χ0v) is 24.4. The van der Waals surface area contributed by atoms with Crippen molar-refractivity contribution < 1.29 is 23.5 Å². The highest BCUT2D eigenvalue weighted by molar-refractivity contribution is 6.01. The number of hydrogen-bond acceptors (Lipinski definition) is 7. The topological polar surface area (TPSA) is 103 Å². The van der Waals surface area contributed by atoms with E-state index in [9.17, 15) is 14.4 Å². The minimum atomic E-state index is -0.521. The molecule has 1 aromatic rings. The van der Waals surface area contributed by atoms with E-state index in [1.54, 1.807) is 6.07 Å². The fourth-order valence-corrected chi connectivity index (χ4v) is 6.98. The van der Waals surface area contributed by atoms with Crippen LogP contribution in [-0.4, -0.2) is 74.2 Å². The van der Waals surface area contributed by atoms with E-state index in [0.717, 1.165) is 71.2 Å². The second kappa shape index (κ2) is 13.4. The van der Waals surface area contributed by atoms with Crippen molar-refractivity contribution in [1.29, 1.82) is 0 Å². The first-order valence-electron chi connectivity index (χ1n) is 15.6. The third-order valence-electron chi connectivity index (χ3n) is 9.67. The lowest BCUT2D eigenvalue weighted by Gasteiger charge is -2.52. The summed E-state index contributed by atoms with van der Waals surface area (Å²) in [6.07, 6.45) is 10.3. The van der Waals surface area contributed by atoms with Crippen molar-refractivity contribution in [2.75, 3.05) is 49.5 Å². The van der Waals surface area contributed by atoms with Gasteiger partial charge in [0.1, 0.15) is 11.9 Å². The van der Waals surface area contributed by atoms with Crippen molar-refractivity contribution in [3.63, 3.8) is 0 Å². The Morgan fingerprint density at radius 3 is 2.56 bits per heavy atom. The maximum Gasteiger partial charge on any atom is 0.407 e. The summed E-state index contributed by atoms with van der Waals surface area (Å²) in [6, 6.07) is 4.81. The molecule has 3 N–H and O–H groups in total. The number of ether oxygens (including phenoxy) is 1. The van der Waals surface area contributed by atoms with Gasteiger partial charge in [-0.2, -0.15) is 0 Å². The van der Waals surface area contributed by atoms with Crippen LogP contribution in [0.4, 0.5) is 20.6 Å². The minimum absolute atomic E-state index is 0.261. The summed E-state index contributed by atoms with van der Waals surface area (Å²) < 4.78 is 20.3. The van der Waals surface area contributed by atoms with E-state index in [1.165, 1.54) is 25.3 Å². The molecule has 1 saturated carbocycles. The molecule has 1 aliphatic carbocycles. The van der Waals surface area contributed by atoms with Gasteiger partial charge in [-0.25, -0.2) is 9.18 Å². The summed E-state index contributed by atoms with van der Waals surface area (Å²) in [6.45, 7) is 7.68. The van der Waals surface area contributed by atoms with Gasteiger partial charge in [-0.1, -0.05) is 13.3 Å². The molecule has 3 saturated heterocycles. The molecule has 4 fully saturated rings. The molecular weight excluding hydrogens is 525 g/mol. The summed E-state index contributed by atoms with van der Waals surface area (Å²) in [5.74, 6) is -0.247. The molecule has 1 aromatic carbocycles. The van der Waals surface area contributed by atoms with Crippen LogP contribution < -0.4 is 20.9 Å². The standard InChI is InChI=1S/C31H46FN5O4/c1-2-3-18-41-30(40)34-24-20-31(21-24)11-16-36(17-12-31)13-8-22-9-14-37(15-10-22)27-6-4-23(19-25(27)32)33-26-5-7-28(38)35-29(26)39/h4,6,19,22,24,26,33H,2-3,5,7-18,20-21H2,1H3,(H,34,40)(H,35,38,39).